The number of thiazole rings is 1. The Kier molecular flexibility index (Phi) is 4.24. The van der Waals surface area contributed by atoms with E-state index in [0.29, 0.717) is 6.54 Å². The van der Waals surface area contributed by atoms with Crippen molar-refractivity contribution in [2.75, 3.05) is 6.54 Å². The summed E-state index contributed by atoms with van der Waals surface area (Å²) >= 11 is 1.45. The van der Waals surface area contributed by atoms with E-state index >= 15 is 0 Å². The first-order chi connectivity index (χ1) is 10.6. The van der Waals surface area contributed by atoms with Crippen molar-refractivity contribution in [1.82, 2.24) is 14.9 Å². The Hall–Kier alpha value is -2.14. The van der Waals surface area contributed by atoms with Gasteiger partial charge in [-0.3, -0.25) is 4.79 Å². The third-order valence-corrected chi connectivity index (χ3v) is 4.72. The minimum Gasteiger partial charge on any atom is -0.351 e. The topological polar surface area (TPSA) is 46.9 Å². The molecule has 3 aromatic rings. The monoisotopic (exact) mass is 313 g/mol. The largest absolute Gasteiger partial charge is 0.351 e. The summed E-state index contributed by atoms with van der Waals surface area (Å²) in [7, 11) is 0. The summed E-state index contributed by atoms with van der Waals surface area (Å²) in [5.41, 5.74) is 2.05. The van der Waals surface area contributed by atoms with Crippen LogP contribution >= 0.6 is 11.3 Å². The van der Waals surface area contributed by atoms with E-state index in [-0.39, 0.29) is 5.91 Å². The quantitative estimate of drug-likeness (QED) is 0.732. The molecule has 1 N–H and O–H groups in total. The number of benzene rings is 1. The minimum atomic E-state index is -0.0135. The molecule has 0 aliphatic rings. The molecule has 0 saturated heterocycles. The summed E-state index contributed by atoms with van der Waals surface area (Å²) in [6.07, 6.45) is 3.00. The van der Waals surface area contributed by atoms with Crippen molar-refractivity contribution in [1.29, 1.82) is 0 Å². The lowest BCUT2D eigenvalue weighted by Crippen LogP contribution is -2.25. The average molecular weight is 313 g/mol. The van der Waals surface area contributed by atoms with Crippen LogP contribution in [-0.4, -0.2) is 22.0 Å². The maximum atomic E-state index is 12.1. The van der Waals surface area contributed by atoms with Gasteiger partial charge in [0.2, 0.25) is 0 Å². The number of aryl methyl sites for hydroxylation is 3. The van der Waals surface area contributed by atoms with E-state index in [2.05, 4.69) is 45.3 Å². The van der Waals surface area contributed by atoms with Gasteiger partial charge in [0.1, 0.15) is 4.88 Å². The molecule has 0 radical (unpaired) electrons. The number of fused-ring (bicyclic) bond motifs is 1. The van der Waals surface area contributed by atoms with Gasteiger partial charge in [0.05, 0.1) is 10.7 Å². The zero-order valence-corrected chi connectivity index (χ0v) is 13.6. The molecule has 1 aromatic carbocycles. The van der Waals surface area contributed by atoms with Gasteiger partial charge in [-0.15, -0.1) is 11.3 Å². The first-order valence-corrected chi connectivity index (χ1v) is 8.23. The number of nitrogens with one attached hydrogen (secondary N) is 1. The highest BCUT2D eigenvalue weighted by atomic mass is 32.1. The Morgan fingerprint density at radius 1 is 1.27 bits per heavy atom. The second-order valence-electron chi connectivity index (χ2n) is 5.32. The van der Waals surface area contributed by atoms with Crippen molar-refractivity contribution in [2.24, 2.45) is 0 Å². The van der Waals surface area contributed by atoms with Crippen LogP contribution in [0.15, 0.2) is 36.5 Å². The average Bonchev–Trinajstić information content (AvgIpc) is 3.07. The summed E-state index contributed by atoms with van der Waals surface area (Å²) in [6, 6.07) is 10.5. The van der Waals surface area contributed by atoms with E-state index < -0.39 is 0 Å². The third kappa shape index (κ3) is 3.04. The molecule has 0 saturated carbocycles. The van der Waals surface area contributed by atoms with Crippen molar-refractivity contribution in [2.45, 2.75) is 26.8 Å². The number of carbonyl (C=O) groups is 1. The number of para-hydroxylation sites is 1. The van der Waals surface area contributed by atoms with Crippen molar-refractivity contribution in [3.63, 3.8) is 0 Å². The highest BCUT2D eigenvalue weighted by Gasteiger charge is 2.12. The Labute approximate surface area is 133 Å². The van der Waals surface area contributed by atoms with Crippen LogP contribution in [0, 0.1) is 13.8 Å². The molecule has 114 valence electrons. The van der Waals surface area contributed by atoms with Crippen molar-refractivity contribution in [3.8, 4) is 0 Å². The van der Waals surface area contributed by atoms with Crippen LogP contribution in [0.1, 0.15) is 26.8 Å². The molecule has 0 aliphatic carbocycles. The molecule has 2 aromatic heterocycles. The van der Waals surface area contributed by atoms with E-state index in [1.54, 1.807) is 0 Å². The Morgan fingerprint density at radius 3 is 2.86 bits per heavy atom. The third-order valence-electron chi connectivity index (χ3n) is 3.65. The Balaban J connectivity index is 1.53. The molecule has 1 amide bonds. The predicted molar refractivity (Wildman–Crippen MR) is 90.5 cm³/mol. The van der Waals surface area contributed by atoms with E-state index in [9.17, 15) is 4.79 Å². The predicted octanol–water partition coefficient (Wildman–Crippen LogP) is 3.53. The summed E-state index contributed by atoms with van der Waals surface area (Å²) in [6.45, 7) is 5.37. The van der Waals surface area contributed by atoms with Gasteiger partial charge in [-0.25, -0.2) is 4.98 Å². The number of amides is 1. The van der Waals surface area contributed by atoms with Gasteiger partial charge >= 0.3 is 0 Å². The van der Waals surface area contributed by atoms with Crippen LogP contribution in [-0.2, 0) is 6.54 Å². The fourth-order valence-corrected chi connectivity index (χ4v) is 3.45. The van der Waals surface area contributed by atoms with Gasteiger partial charge in [-0.2, -0.15) is 0 Å². The Bertz CT molecular complexity index is 803. The minimum absolute atomic E-state index is 0.0135. The SMILES string of the molecule is Cc1nc(C)c(C(=O)NCCCn2ccc3ccccc32)s1. The van der Waals surface area contributed by atoms with Gasteiger partial charge in [0.25, 0.3) is 5.91 Å². The Morgan fingerprint density at radius 2 is 2.09 bits per heavy atom. The maximum Gasteiger partial charge on any atom is 0.263 e. The fourth-order valence-electron chi connectivity index (χ4n) is 2.61. The first kappa shape index (κ1) is 14.8. The number of nitrogens with zero attached hydrogens (tertiary/aromatic N) is 2. The zero-order chi connectivity index (χ0) is 15.5. The van der Waals surface area contributed by atoms with Crippen LogP contribution in [0.5, 0.6) is 0 Å². The molecule has 0 fully saturated rings. The van der Waals surface area contributed by atoms with Crippen LogP contribution < -0.4 is 5.32 Å². The first-order valence-electron chi connectivity index (χ1n) is 7.41. The molecule has 0 unspecified atom stereocenters. The van der Waals surface area contributed by atoms with Gasteiger partial charge in [-0.1, -0.05) is 18.2 Å². The second kappa shape index (κ2) is 6.32. The van der Waals surface area contributed by atoms with Crippen LogP contribution in [0.3, 0.4) is 0 Å². The number of aromatic nitrogens is 2. The normalized spacial score (nSPS) is 11.0. The molecular formula is C17H19N3OS. The van der Waals surface area contributed by atoms with E-state index in [0.717, 1.165) is 28.5 Å². The molecule has 5 heteroatoms. The summed E-state index contributed by atoms with van der Waals surface area (Å²) in [4.78, 5) is 17.1. The molecule has 3 rings (SSSR count). The van der Waals surface area contributed by atoms with E-state index in [4.69, 9.17) is 0 Å². The molecular weight excluding hydrogens is 294 g/mol. The lowest BCUT2D eigenvalue weighted by Gasteiger charge is -2.07. The molecule has 0 atom stereocenters. The van der Waals surface area contributed by atoms with E-state index in [1.807, 2.05) is 19.9 Å². The van der Waals surface area contributed by atoms with E-state index in [1.165, 1.54) is 22.2 Å². The number of carbonyl (C=O) groups excluding carboxylic acids is 1. The van der Waals surface area contributed by atoms with Crippen LogP contribution in [0.25, 0.3) is 10.9 Å². The van der Waals surface area contributed by atoms with Gasteiger partial charge in [0, 0.05) is 24.8 Å². The van der Waals surface area contributed by atoms with Gasteiger partial charge in [0.15, 0.2) is 0 Å². The van der Waals surface area contributed by atoms with Crippen LogP contribution in [0.4, 0.5) is 0 Å². The molecule has 0 bridgehead atoms. The van der Waals surface area contributed by atoms with Gasteiger partial charge in [-0.05, 0) is 37.8 Å². The molecule has 0 spiro atoms. The number of hydrogen-bond donors (Lipinski definition) is 1. The summed E-state index contributed by atoms with van der Waals surface area (Å²) in [5, 5.41) is 5.17. The number of rotatable bonds is 5. The lowest BCUT2D eigenvalue weighted by atomic mass is 10.2. The summed E-state index contributed by atoms with van der Waals surface area (Å²) in [5.74, 6) is -0.0135. The standard InChI is InChI=1S/C17H19N3OS/c1-12-16(22-13(2)19-12)17(21)18-9-5-10-20-11-8-14-6-3-4-7-15(14)20/h3-4,6-8,11H,5,9-10H2,1-2H3,(H,18,21). The molecule has 2 heterocycles. The summed E-state index contributed by atoms with van der Waals surface area (Å²) < 4.78 is 2.23. The molecule has 4 nitrogen and oxygen atoms in total. The van der Waals surface area contributed by atoms with Crippen LogP contribution in [0.2, 0.25) is 0 Å². The highest BCUT2D eigenvalue weighted by molar-refractivity contribution is 7.13. The maximum absolute atomic E-state index is 12.1. The highest BCUT2D eigenvalue weighted by Crippen LogP contribution is 2.17. The molecule has 0 aliphatic heterocycles. The van der Waals surface area contributed by atoms with Crippen molar-refractivity contribution >= 4 is 28.1 Å². The van der Waals surface area contributed by atoms with Crippen molar-refractivity contribution in [3.05, 3.63) is 52.1 Å². The zero-order valence-electron chi connectivity index (χ0n) is 12.8. The van der Waals surface area contributed by atoms with Gasteiger partial charge < -0.3 is 9.88 Å². The smallest absolute Gasteiger partial charge is 0.263 e. The fraction of sp³-hybridized carbons (Fsp3) is 0.294. The van der Waals surface area contributed by atoms with Crippen molar-refractivity contribution < 1.29 is 4.79 Å². The lowest BCUT2D eigenvalue weighted by molar-refractivity contribution is 0.0956. The number of hydrogen-bond acceptors (Lipinski definition) is 3. The molecule has 22 heavy (non-hydrogen) atoms. The second-order valence-corrected chi connectivity index (χ2v) is 6.53.